The Hall–Kier alpha value is -1.94. The molecule has 0 spiro atoms. The van der Waals surface area contributed by atoms with Crippen molar-refractivity contribution >= 4 is 16.7 Å². The van der Waals surface area contributed by atoms with Gasteiger partial charge in [-0.1, -0.05) is 24.6 Å². The Morgan fingerprint density at radius 2 is 2.08 bits per heavy atom. The van der Waals surface area contributed by atoms with Gasteiger partial charge in [0, 0.05) is 49.9 Å². The van der Waals surface area contributed by atoms with Crippen LogP contribution in [0, 0.1) is 0 Å². The molecule has 2 saturated heterocycles. The van der Waals surface area contributed by atoms with Crippen molar-refractivity contribution in [2.45, 2.75) is 51.1 Å². The third kappa shape index (κ3) is 3.69. The summed E-state index contributed by atoms with van der Waals surface area (Å²) in [6.45, 7) is 4.06. The van der Waals surface area contributed by atoms with Gasteiger partial charge in [0.05, 0.1) is 0 Å². The second-order valence-electron chi connectivity index (χ2n) is 7.41. The number of hydrogen-bond donors (Lipinski definition) is 0. The number of carbonyl (C=O) groups is 1. The quantitative estimate of drug-likeness (QED) is 0.836. The number of pyridine rings is 1. The zero-order valence-electron chi connectivity index (χ0n) is 14.9. The van der Waals surface area contributed by atoms with Gasteiger partial charge in [-0.05, 0) is 49.2 Å². The van der Waals surface area contributed by atoms with Gasteiger partial charge >= 0.3 is 0 Å². The average Bonchev–Trinajstić information content (AvgIpc) is 3.06. The van der Waals surface area contributed by atoms with E-state index in [0.717, 1.165) is 38.9 Å². The Kier molecular flexibility index (Phi) is 4.97. The van der Waals surface area contributed by atoms with E-state index in [9.17, 15) is 4.79 Å². The molecule has 1 unspecified atom stereocenters. The van der Waals surface area contributed by atoms with Gasteiger partial charge in [0.1, 0.15) is 0 Å². The first-order valence-electron chi connectivity index (χ1n) is 9.65. The fourth-order valence-corrected chi connectivity index (χ4v) is 4.39. The maximum Gasteiger partial charge on any atom is 0.222 e. The van der Waals surface area contributed by atoms with E-state index in [1.54, 1.807) is 0 Å². The van der Waals surface area contributed by atoms with Crippen molar-refractivity contribution in [1.29, 1.82) is 0 Å². The predicted molar refractivity (Wildman–Crippen MR) is 100 cm³/mol. The second kappa shape index (κ2) is 7.52. The Labute approximate surface area is 149 Å². The lowest BCUT2D eigenvalue weighted by atomic mass is 9.97. The minimum atomic E-state index is 0.351. The third-order valence-electron chi connectivity index (χ3n) is 5.80. The van der Waals surface area contributed by atoms with E-state index in [0.29, 0.717) is 11.9 Å². The van der Waals surface area contributed by atoms with Gasteiger partial charge in [-0.2, -0.15) is 0 Å². The van der Waals surface area contributed by atoms with Crippen LogP contribution in [0.25, 0.3) is 10.8 Å². The summed E-state index contributed by atoms with van der Waals surface area (Å²) in [7, 11) is 0. The summed E-state index contributed by atoms with van der Waals surface area (Å²) < 4.78 is 0. The standard InChI is InChI=1S/C21H27N3O/c25-21-8-4-13-23(21)14-10-19-7-1-2-12-24(19)16-18-6-3-5-17-15-22-11-9-20(17)18/h3,5-6,9,11,15,19H,1-2,4,7-8,10,12-14,16H2. The van der Waals surface area contributed by atoms with Crippen molar-refractivity contribution in [3.63, 3.8) is 0 Å². The van der Waals surface area contributed by atoms with Crippen LogP contribution in [0.4, 0.5) is 0 Å². The molecule has 1 atom stereocenters. The third-order valence-corrected chi connectivity index (χ3v) is 5.80. The highest BCUT2D eigenvalue weighted by atomic mass is 16.2. The first-order valence-corrected chi connectivity index (χ1v) is 9.65. The number of carbonyl (C=O) groups excluding carboxylic acids is 1. The first-order chi connectivity index (χ1) is 12.3. The molecular weight excluding hydrogens is 310 g/mol. The summed E-state index contributed by atoms with van der Waals surface area (Å²) in [6, 6.07) is 9.25. The average molecular weight is 337 g/mol. The molecular formula is C21H27N3O. The smallest absolute Gasteiger partial charge is 0.222 e. The Morgan fingerprint density at radius 3 is 2.96 bits per heavy atom. The van der Waals surface area contributed by atoms with Crippen LogP contribution in [0.15, 0.2) is 36.7 Å². The molecule has 0 saturated carbocycles. The van der Waals surface area contributed by atoms with Gasteiger partial charge in [0.2, 0.25) is 5.91 Å². The molecule has 4 heteroatoms. The normalized spacial score (nSPS) is 22.0. The summed E-state index contributed by atoms with van der Waals surface area (Å²) in [5, 5.41) is 2.53. The van der Waals surface area contributed by atoms with Crippen LogP contribution >= 0.6 is 0 Å². The summed E-state index contributed by atoms with van der Waals surface area (Å²) in [4.78, 5) is 20.8. The number of fused-ring (bicyclic) bond motifs is 1. The number of likely N-dealkylation sites (tertiary alicyclic amines) is 2. The van der Waals surface area contributed by atoms with Crippen molar-refractivity contribution in [2.75, 3.05) is 19.6 Å². The molecule has 0 N–H and O–H groups in total. The molecule has 2 aromatic rings. The van der Waals surface area contributed by atoms with E-state index in [1.165, 1.54) is 42.1 Å². The van der Waals surface area contributed by atoms with Crippen LogP contribution in [0.3, 0.4) is 0 Å². The van der Waals surface area contributed by atoms with Gasteiger partial charge in [-0.15, -0.1) is 0 Å². The number of benzene rings is 1. The van der Waals surface area contributed by atoms with E-state index >= 15 is 0 Å². The van der Waals surface area contributed by atoms with Gasteiger partial charge in [-0.3, -0.25) is 14.7 Å². The highest BCUT2D eigenvalue weighted by Crippen LogP contribution is 2.26. The van der Waals surface area contributed by atoms with Crippen LogP contribution in [0.2, 0.25) is 0 Å². The van der Waals surface area contributed by atoms with Gasteiger partial charge in [0.25, 0.3) is 0 Å². The molecule has 2 fully saturated rings. The minimum absolute atomic E-state index is 0.351. The Balaban J connectivity index is 1.46. The number of nitrogens with zero attached hydrogens (tertiary/aromatic N) is 3. The maximum atomic E-state index is 11.9. The van der Waals surface area contributed by atoms with Crippen LogP contribution < -0.4 is 0 Å². The van der Waals surface area contributed by atoms with Crippen LogP contribution in [0.1, 0.15) is 44.1 Å². The Morgan fingerprint density at radius 1 is 1.12 bits per heavy atom. The lowest BCUT2D eigenvalue weighted by Gasteiger charge is -2.37. The Bertz CT molecular complexity index is 740. The van der Waals surface area contributed by atoms with Crippen molar-refractivity contribution in [3.8, 4) is 0 Å². The predicted octanol–water partition coefficient (Wildman–Crippen LogP) is 3.60. The fourth-order valence-electron chi connectivity index (χ4n) is 4.39. The first kappa shape index (κ1) is 16.5. The molecule has 0 aliphatic carbocycles. The molecule has 4 rings (SSSR count). The fraction of sp³-hybridized carbons (Fsp3) is 0.524. The largest absolute Gasteiger partial charge is 0.343 e. The summed E-state index contributed by atoms with van der Waals surface area (Å²) in [5.74, 6) is 0.351. The molecule has 25 heavy (non-hydrogen) atoms. The van der Waals surface area contributed by atoms with E-state index < -0.39 is 0 Å². The molecule has 1 amide bonds. The van der Waals surface area contributed by atoms with E-state index in [2.05, 4.69) is 39.0 Å². The van der Waals surface area contributed by atoms with Crippen LogP contribution in [-0.2, 0) is 11.3 Å². The van der Waals surface area contributed by atoms with Gasteiger partial charge in [0.15, 0.2) is 0 Å². The van der Waals surface area contributed by atoms with Crippen LogP contribution in [-0.4, -0.2) is 46.4 Å². The van der Waals surface area contributed by atoms with Gasteiger partial charge < -0.3 is 4.90 Å². The number of hydrogen-bond acceptors (Lipinski definition) is 3. The van der Waals surface area contributed by atoms with E-state index in [1.807, 2.05) is 12.4 Å². The molecule has 132 valence electrons. The second-order valence-corrected chi connectivity index (χ2v) is 7.41. The van der Waals surface area contributed by atoms with E-state index in [-0.39, 0.29) is 0 Å². The topological polar surface area (TPSA) is 36.4 Å². The molecule has 1 aromatic carbocycles. The molecule has 3 heterocycles. The highest BCUT2D eigenvalue weighted by Gasteiger charge is 2.26. The molecule has 0 bridgehead atoms. The monoisotopic (exact) mass is 337 g/mol. The van der Waals surface area contributed by atoms with Crippen molar-refractivity contribution < 1.29 is 4.79 Å². The number of rotatable bonds is 5. The summed E-state index contributed by atoms with van der Waals surface area (Å²) >= 11 is 0. The highest BCUT2D eigenvalue weighted by molar-refractivity contribution is 5.84. The van der Waals surface area contributed by atoms with Crippen molar-refractivity contribution in [3.05, 3.63) is 42.2 Å². The lowest BCUT2D eigenvalue weighted by molar-refractivity contribution is -0.127. The van der Waals surface area contributed by atoms with Crippen molar-refractivity contribution in [2.24, 2.45) is 0 Å². The van der Waals surface area contributed by atoms with Gasteiger partial charge in [-0.25, -0.2) is 0 Å². The molecule has 2 aliphatic rings. The molecule has 4 nitrogen and oxygen atoms in total. The molecule has 2 aliphatic heterocycles. The lowest BCUT2D eigenvalue weighted by Crippen LogP contribution is -2.41. The zero-order valence-corrected chi connectivity index (χ0v) is 14.9. The van der Waals surface area contributed by atoms with Crippen LogP contribution in [0.5, 0.6) is 0 Å². The number of aromatic nitrogens is 1. The van der Waals surface area contributed by atoms with Crippen molar-refractivity contribution in [1.82, 2.24) is 14.8 Å². The SMILES string of the molecule is O=C1CCCN1CCC1CCCCN1Cc1cccc2cnccc12. The summed E-state index contributed by atoms with van der Waals surface area (Å²) in [5.41, 5.74) is 1.39. The molecule has 0 radical (unpaired) electrons. The zero-order chi connectivity index (χ0) is 17.1. The number of piperidine rings is 1. The summed E-state index contributed by atoms with van der Waals surface area (Å²) in [6.07, 6.45) is 10.6. The molecule has 1 aromatic heterocycles. The number of amides is 1. The van der Waals surface area contributed by atoms with E-state index in [4.69, 9.17) is 0 Å². The maximum absolute atomic E-state index is 11.9. The minimum Gasteiger partial charge on any atom is -0.343 e.